The lowest BCUT2D eigenvalue weighted by molar-refractivity contribution is -0.117. The molecule has 2 aromatic carbocycles. The average molecular weight is 434 g/mol. The van der Waals surface area contributed by atoms with Gasteiger partial charge < -0.3 is 10.6 Å². The molecule has 0 aliphatic carbocycles. The van der Waals surface area contributed by atoms with Crippen molar-refractivity contribution in [3.05, 3.63) is 87.6 Å². The van der Waals surface area contributed by atoms with Crippen LogP contribution in [-0.4, -0.2) is 29.8 Å². The van der Waals surface area contributed by atoms with Crippen molar-refractivity contribution in [2.24, 2.45) is 0 Å². The summed E-state index contributed by atoms with van der Waals surface area (Å²) in [5.41, 5.74) is 3.35. The number of carbonyl (C=O) groups is 2. The van der Waals surface area contributed by atoms with Gasteiger partial charge >= 0.3 is 0 Å². The van der Waals surface area contributed by atoms with Gasteiger partial charge in [-0.1, -0.05) is 42.5 Å². The van der Waals surface area contributed by atoms with Gasteiger partial charge in [-0.05, 0) is 55.0 Å². The van der Waals surface area contributed by atoms with Gasteiger partial charge in [0.2, 0.25) is 5.91 Å². The Kier molecular flexibility index (Phi) is 6.49. The molecule has 0 spiro atoms. The zero-order chi connectivity index (χ0) is 21.8. The molecule has 0 bridgehead atoms. The van der Waals surface area contributed by atoms with E-state index in [1.807, 2.05) is 49.4 Å². The Morgan fingerprint density at radius 1 is 1.10 bits per heavy atom. The minimum atomic E-state index is -0.207. The fraction of sp³-hybridized carbons (Fsp3) is 0.280. The third kappa shape index (κ3) is 4.86. The molecular weight excluding hydrogens is 406 g/mol. The highest BCUT2D eigenvalue weighted by molar-refractivity contribution is 7.10. The normalized spacial score (nSPS) is 16.9. The summed E-state index contributed by atoms with van der Waals surface area (Å²) in [6, 6.07) is 19.2. The predicted molar refractivity (Wildman–Crippen MR) is 125 cm³/mol. The highest BCUT2D eigenvalue weighted by Gasteiger charge is 2.26. The van der Waals surface area contributed by atoms with Crippen LogP contribution in [0.4, 0.5) is 5.69 Å². The number of fused-ring (bicyclic) bond motifs is 1. The van der Waals surface area contributed by atoms with Crippen LogP contribution in [-0.2, 0) is 11.2 Å². The second-order valence-electron chi connectivity index (χ2n) is 7.90. The monoisotopic (exact) mass is 433 g/mol. The minimum Gasteiger partial charge on any atom is -0.345 e. The molecule has 2 amide bonds. The van der Waals surface area contributed by atoms with Gasteiger partial charge in [-0.25, -0.2) is 0 Å². The van der Waals surface area contributed by atoms with Gasteiger partial charge in [0.25, 0.3) is 5.91 Å². The van der Waals surface area contributed by atoms with Crippen LogP contribution in [0, 0.1) is 0 Å². The van der Waals surface area contributed by atoms with Crippen LogP contribution in [0.3, 0.4) is 0 Å². The second-order valence-corrected chi connectivity index (χ2v) is 8.90. The SMILES string of the molecule is CC(NC(=O)c1ccccc1NC(=O)CN1CCc2sccc2C1C)c1ccccc1. The van der Waals surface area contributed by atoms with Gasteiger partial charge in [0.15, 0.2) is 0 Å². The third-order valence-electron chi connectivity index (χ3n) is 5.84. The van der Waals surface area contributed by atoms with Crippen molar-refractivity contribution in [2.75, 3.05) is 18.4 Å². The number of carbonyl (C=O) groups excluding carboxylic acids is 2. The molecule has 1 aliphatic rings. The van der Waals surface area contributed by atoms with Crippen molar-refractivity contribution >= 4 is 28.8 Å². The van der Waals surface area contributed by atoms with E-state index < -0.39 is 0 Å². The van der Waals surface area contributed by atoms with Crippen molar-refractivity contribution in [3.63, 3.8) is 0 Å². The molecule has 4 rings (SSSR count). The molecule has 5 nitrogen and oxygen atoms in total. The molecule has 2 heterocycles. The summed E-state index contributed by atoms with van der Waals surface area (Å²) in [4.78, 5) is 29.3. The molecule has 3 aromatic rings. The molecule has 31 heavy (non-hydrogen) atoms. The Hall–Kier alpha value is -2.96. The Morgan fingerprint density at radius 2 is 1.84 bits per heavy atom. The molecule has 0 saturated carbocycles. The Labute approximate surface area is 187 Å². The summed E-state index contributed by atoms with van der Waals surface area (Å²) < 4.78 is 0. The standard InChI is InChI=1S/C25H27N3O2S/c1-17(19-8-4-3-5-9-19)26-25(30)21-10-6-7-11-22(21)27-24(29)16-28-14-12-23-20(18(28)2)13-15-31-23/h3-11,13,15,17-18H,12,14,16H2,1-2H3,(H,26,30)(H,27,29). The first-order valence-corrected chi connectivity index (χ1v) is 11.5. The second kappa shape index (κ2) is 9.45. The lowest BCUT2D eigenvalue weighted by Crippen LogP contribution is -2.39. The summed E-state index contributed by atoms with van der Waals surface area (Å²) in [6.07, 6.45) is 0.973. The van der Waals surface area contributed by atoms with Gasteiger partial charge in [0.1, 0.15) is 0 Å². The summed E-state index contributed by atoms with van der Waals surface area (Å²) in [7, 11) is 0. The van der Waals surface area contributed by atoms with E-state index >= 15 is 0 Å². The van der Waals surface area contributed by atoms with Gasteiger partial charge in [0, 0.05) is 17.5 Å². The number of rotatable bonds is 6. The van der Waals surface area contributed by atoms with E-state index in [0.717, 1.165) is 18.5 Å². The molecular formula is C25H27N3O2S. The number of nitrogens with one attached hydrogen (secondary N) is 2. The van der Waals surface area contributed by atoms with Crippen molar-refractivity contribution in [1.82, 2.24) is 10.2 Å². The van der Waals surface area contributed by atoms with E-state index in [1.165, 1.54) is 10.4 Å². The van der Waals surface area contributed by atoms with E-state index in [-0.39, 0.29) is 23.9 Å². The van der Waals surface area contributed by atoms with Crippen LogP contribution in [0.15, 0.2) is 66.0 Å². The van der Waals surface area contributed by atoms with Gasteiger partial charge in [-0.2, -0.15) is 0 Å². The summed E-state index contributed by atoms with van der Waals surface area (Å²) in [6.45, 7) is 5.25. The van der Waals surface area contributed by atoms with Gasteiger partial charge in [-0.15, -0.1) is 11.3 Å². The molecule has 2 unspecified atom stereocenters. The van der Waals surface area contributed by atoms with Crippen molar-refractivity contribution < 1.29 is 9.59 Å². The quantitative estimate of drug-likeness (QED) is 0.587. The number of benzene rings is 2. The van der Waals surface area contributed by atoms with Gasteiger partial charge in [0.05, 0.1) is 23.8 Å². The first-order valence-electron chi connectivity index (χ1n) is 10.6. The lowest BCUT2D eigenvalue weighted by atomic mass is 10.0. The number of nitrogens with zero attached hydrogens (tertiary/aromatic N) is 1. The molecule has 160 valence electrons. The number of hydrogen-bond acceptors (Lipinski definition) is 4. The number of amides is 2. The first-order chi connectivity index (χ1) is 15.0. The fourth-order valence-corrected chi connectivity index (χ4v) is 5.00. The Bertz CT molecular complexity index is 1060. The van der Waals surface area contributed by atoms with Gasteiger partial charge in [-0.3, -0.25) is 14.5 Å². The maximum Gasteiger partial charge on any atom is 0.253 e. The van der Waals surface area contributed by atoms with E-state index in [0.29, 0.717) is 17.8 Å². The molecule has 6 heteroatoms. The molecule has 2 N–H and O–H groups in total. The van der Waals surface area contributed by atoms with Crippen molar-refractivity contribution in [2.45, 2.75) is 32.4 Å². The van der Waals surface area contributed by atoms with Crippen LogP contribution >= 0.6 is 11.3 Å². The number of anilines is 1. The molecule has 0 radical (unpaired) electrons. The summed E-state index contributed by atoms with van der Waals surface area (Å²) >= 11 is 1.79. The topological polar surface area (TPSA) is 61.4 Å². The van der Waals surface area contributed by atoms with Crippen molar-refractivity contribution in [1.29, 1.82) is 0 Å². The van der Waals surface area contributed by atoms with E-state index in [9.17, 15) is 9.59 Å². The molecule has 1 aromatic heterocycles. The predicted octanol–water partition coefficient (Wildman–Crippen LogP) is 4.80. The largest absolute Gasteiger partial charge is 0.345 e. The maximum absolute atomic E-state index is 12.9. The van der Waals surface area contributed by atoms with Crippen LogP contribution in [0.2, 0.25) is 0 Å². The molecule has 1 aliphatic heterocycles. The van der Waals surface area contributed by atoms with E-state index in [2.05, 4.69) is 33.9 Å². The maximum atomic E-state index is 12.9. The fourth-order valence-electron chi connectivity index (χ4n) is 4.04. The van der Waals surface area contributed by atoms with Crippen molar-refractivity contribution in [3.8, 4) is 0 Å². The van der Waals surface area contributed by atoms with Crippen LogP contribution in [0.5, 0.6) is 0 Å². The Balaban J connectivity index is 1.41. The zero-order valence-corrected chi connectivity index (χ0v) is 18.6. The average Bonchev–Trinajstić information content (AvgIpc) is 3.26. The highest BCUT2D eigenvalue weighted by atomic mass is 32.1. The molecule has 0 saturated heterocycles. The van der Waals surface area contributed by atoms with Crippen LogP contribution in [0.1, 0.15) is 52.3 Å². The summed E-state index contributed by atoms with van der Waals surface area (Å²) in [5.74, 6) is -0.316. The summed E-state index contributed by atoms with van der Waals surface area (Å²) in [5, 5.41) is 8.10. The third-order valence-corrected chi connectivity index (χ3v) is 6.84. The first kappa shape index (κ1) is 21.3. The number of para-hydroxylation sites is 1. The molecule has 0 fully saturated rings. The zero-order valence-electron chi connectivity index (χ0n) is 17.8. The highest BCUT2D eigenvalue weighted by Crippen LogP contribution is 2.32. The Morgan fingerprint density at radius 3 is 2.65 bits per heavy atom. The lowest BCUT2D eigenvalue weighted by Gasteiger charge is -2.33. The number of thiophene rings is 1. The van der Waals surface area contributed by atoms with Crippen LogP contribution in [0.25, 0.3) is 0 Å². The van der Waals surface area contributed by atoms with E-state index in [1.54, 1.807) is 23.5 Å². The minimum absolute atomic E-state index is 0.109. The van der Waals surface area contributed by atoms with Crippen LogP contribution < -0.4 is 10.6 Å². The molecule has 2 atom stereocenters. The smallest absolute Gasteiger partial charge is 0.253 e. The van der Waals surface area contributed by atoms with E-state index in [4.69, 9.17) is 0 Å². The number of hydrogen-bond donors (Lipinski definition) is 2.